The van der Waals surface area contributed by atoms with Gasteiger partial charge >= 0.3 is 6.18 Å². The molecular weight excluding hydrogens is 740 g/mol. The van der Waals surface area contributed by atoms with Gasteiger partial charge in [0.15, 0.2) is 0 Å². The van der Waals surface area contributed by atoms with E-state index >= 15 is 0 Å². The molecule has 12 nitrogen and oxygen atoms in total. The number of imide groups is 1. The van der Waals surface area contributed by atoms with Gasteiger partial charge in [-0.25, -0.2) is 0 Å². The van der Waals surface area contributed by atoms with Crippen LogP contribution >= 0.6 is 0 Å². The zero-order valence-corrected chi connectivity index (χ0v) is 31.9. The molecule has 1 unspecified atom stereocenters. The molecule has 2 N–H and O–H groups in total. The number of piperazine rings is 1. The molecule has 3 aromatic rings. The van der Waals surface area contributed by atoms with E-state index in [2.05, 4.69) is 38.6 Å². The largest absolute Gasteiger partial charge is 0.417 e. The van der Waals surface area contributed by atoms with Crippen LogP contribution in [0.15, 0.2) is 60.7 Å². The number of nitriles is 1. The number of fused-ring (bicyclic) bond motifs is 1. The van der Waals surface area contributed by atoms with Crippen molar-refractivity contribution in [3.8, 4) is 6.07 Å². The van der Waals surface area contributed by atoms with Gasteiger partial charge in [-0.05, 0) is 84.8 Å². The highest BCUT2D eigenvalue weighted by Crippen LogP contribution is 2.37. The van der Waals surface area contributed by atoms with E-state index in [1.54, 1.807) is 17.0 Å². The summed E-state index contributed by atoms with van der Waals surface area (Å²) in [6, 6.07) is 19.2. The van der Waals surface area contributed by atoms with Gasteiger partial charge in [-0.1, -0.05) is 12.1 Å². The van der Waals surface area contributed by atoms with Crippen LogP contribution < -0.4 is 20.4 Å². The van der Waals surface area contributed by atoms with Crippen molar-refractivity contribution in [2.75, 3.05) is 93.9 Å². The number of carbonyl (C=O) groups excluding carboxylic acids is 3. The van der Waals surface area contributed by atoms with E-state index in [1.165, 1.54) is 11.6 Å². The molecule has 0 bridgehead atoms. The van der Waals surface area contributed by atoms with Gasteiger partial charge in [-0.2, -0.15) is 18.4 Å². The molecule has 3 aromatic carbocycles. The lowest BCUT2D eigenvalue weighted by molar-refractivity contribution is -0.138. The maximum Gasteiger partial charge on any atom is 0.417 e. The van der Waals surface area contributed by atoms with E-state index in [-0.39, 0.29) is 23.8 Å². The lowest BCUT2D eigenvalue weighted by Gasteiger charge is -2.36. The second-order valence-corrected chi connectivity index (χ2v) is 14.9. The van der Waals surface area contributed by atoms with Crippen LogP contribution in [0.25, 0.3) is 0 Å². The van der Waals surface area contributed by atoms with Gasteiger partial charge in [0.25, 0.3) is 5.91 Å². The number of anilines is 3. The molecule has 3 saturated heterocycles. The number of piperidine rings is 2. The summed E-state index contributed by atoms with van der Waals surface area (Å²) < 4.78 is 51.9. The molecular formula is C42H48F3N7O5. The number of carbonyl (C=O) groups is 3. The summed E-state index contributed by atoms with van der Waals surface area (Å²) in [5.74, 6) is -0.519. The summed E-state index contributed by atoms with van der Waals surface area (Å²) in [7, 11) is 0. The minimum atomic E-state index is -4.57. The number of benzene rings is 3. The van der Waals surface area contributed by atoms with Crippen molar-refractivity contribution in [2.45, 2.75) is 50.4 Å². The van der Waals surface area contributed by atoms with Crippen LogP contribution in [0.4, 0.5) is 30.2 Å². The van der Waals surface area contributed by atoms with Crippen molar-refractivity contribution < 1.29 is 37.0 Å². The summed E-state index contributed by atoms with van der Waals surface area (Å²) >= 11 is 0. The number of nitrogens with zero attached hydrogens (tertiary/aromatic N) is 5. The Kier molecular flexibility index (Phi) is 12.6. The molecule has 0 saturated carbocycles. The van der Waals surface area contributed by atoms with Crippen molar-refractivity contribution >= 4 is 34.8 Å². The van der Waals surface area contributed by atoms with Crippen LogP contribution in [-0.2, 0) is 31.8 Å². The first-order chi connectivity index (χ1) is 27.6. The normalized spacial score (nSPS) is 19.4. The summed E-state index contributed by atoms with van der Waals surface area (Å²) in [4.78, 5) is 45.2. The van der Waals surface area contributed by atoms with Crippen LogP contribution in [0.1, 0.15) is 64.2 Å². The van der Waals surface area contributed by atoms with Gasteiger partial charge in [-0.15, -0.1) is 0 Å². The predicted octanol–water partition coefficient (Wildman–Crippen LogP) is 4.99. The van der Waals surface area contributed by atoms with Crippen molar-refractivity contribution in [2.24, 2.45) is 0 Å². The second kappa shape index (κ2) is 18.0. The Balaban J connectivity index is 0.731. The first-order valence-electron chi connectivity index (χ1n) is 19.7. The van der Waals surface area contributed by atoms with Gasteiger partial charge in [0.1, 0.15) is 6.04 Å². The average molecular weight is 788 g/mol. The Morgan fingerprint density at radius 2 is 1.49 bits per heavy atom. The zero-order chi connectivity index (χ0) is 39.9. The van der Waals surface area contributed by atoms with E-state index in [0.29, 0.717) is 76.2 Å². The average Bonchev–Trinajstić information content (AvgIpc) is 3.54. The monoisotopic (exact) mass is 787 g/mol. The molecule has 3 amide bonds. The van der Waals surface area contributed by atoms with E-state index < -0.39 is 23.7 Å². The van der Waals surface area contributed by atoms with E-state index in [9.17, 15) is 27.6 Å². The first kappa shape index (κ1) is 40.0. The Bertz CT molecular complexity index is 1950. The number of nitrogens with one attached hydrogen (secondary N) is 2. The third kappa shape index (κ3) is 9.69. The third-order valence-corrected chi connectivity index (χ3v) is 11.4. The highest BCUT2D eigenvalue weighted by molar-refractivity contribution is 6.05. The molecule has 1 atom stereocenters. The molecule has 0 aromatic heterocycles. The van der Waals surface area contributed by atoms with Crippen molar-refractivity contribution in [3.63, 3.8) is 0 Å². The van der Waals surface area contributed by atoms with Gasteiger partial charge in [0.05, 0.1) is 43.6 Å². The molecule has 0 aliphatic carbocycles. The Hall–Kier alpha value is -5.17. The minimum absolute atomic E-state index is 0.158. The summed E-state index contributed by atoms with van der Waals surface area (Å²) in [5, 5.41) is 14.8. The predicted molar refractivity (Wildman–Crippen MR) is 208 cm³/mol. The van der Waals surface area contributed by atoms with Gasteiger partial charge in [0.2, 0.25) is 11.8 Å². The molecule has 57 heavy (non-hydrogen) atoms. The van der Waals surface area contributed by atoms with Crippen LogP contribution in [0.3, 0.4) is 0 Å². The van der Waals surface area contributed by atoms with E-state index in [4.69, 9.17) is 14.7 Å². The summed E-state index contributed by atoms with van der Waals surface area (Å²) in [6.07, 6.45) is -2.31. The fraction of sp³-hybridized carbons (Fsp3) is 0.476. The molecule has 7 rings (SSSR count). The second-order valence-electron chi connectivity index (χ2n) is 14.9. The summed E-state index contributed by atoms with van der Waals surface area (Å²) in [6.45, 7) is 8.88. The van der Waals surface area contributed by atoms with Gasteiger partial charge in [0, 0.05) is 87.9 Å². The van der Waals surface area contributed by atoms with Gasteiger partial charge in [-0.3, -0.25) is 24.6 Å². The number of hydrogen-bond donors (Lipinski definition) is 2. The minimum Gasteiger partial charge on any atom is -0.383 e. The highest BCUT2D eigenvalue weighted by Gasteiger charge is 2.39. The van der Waals surface area contributed by atoms with Crippen LogP contribution in [-0.4, -0.2) is 112 Å². The van der Waals surface area contributed by atoms with Gasteiger partial charge < -0.3 is 29.5 Å². The van der Waals surface area contributed by atoms with E-state index in [0.717, 1.165) is 68.6 Å². The lowest BCUT2D eigenvalue weighted by Crippen LogP contribution is -2.52. The molecule has 302 valence electrons. The number of alkyl halides is 3. The topological polar surface area (TPSA) is 130 Å². The Morgan fingerprint density at radius 3 is 2.19 bits per heavy atom. The Labute approximate surface area is 330 Å². The zero-order valence-electron chi connectivity index (χ0n) is 31.9. The van der Waals surface area contributed by atoms with E-state index in [1.807, 2.05) is 29.2 Å². The molecule has 0 radical (unpaired) electrons. The summed E-state index contributed by atoms with van der Waals surface area (Å²) in [5.41, 5.74) is 4.07. The lowest BCUT2D eigenvalue weighted by atomic mass is 9.89. The smallest absolute Gasteiger partial charge is 0.383 e. The van der Waals surface area contributed by atoms with Crippen LogP contribution in [0, 0.1) is 11.3 Å². The van der Waals surface area contributed by atoms with Crippen molar-refractivity contribution in [1.82, 2.24) is 15.1 Å². The molecule has 4 heterocycles. The number of halogens is 3. The van der Waals surface area contributed by atoms with Crippen LogP contribution in [0.2, 0.25) is 0 Å². The number of amides is 3. The Morgan fingerprint density at radius 1 is 0.807 bits per heavy atom. The maximum atomic E-state index is 13.4. The van der Waals surface area contributed by atoms with Crippen molar-refractivity contribution in [3.05, 3.63) is 88.5 Å². The number of hydrogen-bond acceptors (Lipinski definition) is 10. The number of ether oxygens (including phenoxy) is 2. The first-order valence-corrected chi connectivity index (χ1v) is 19.7. The fourth-order valence-corrected chi connectivity index (χ4v) is 8.18. The van der Waals surface area contributed by atoms with Crippen LogP contribution in [0.5, 0.6) is 0 Å². The molecule has 3 fully saturated rings. The molecule has 0 spiro atoms. The quantitative estimate of drug-likeness (QED) is 0.170. The fourth-order valence-electron chi connectivity index (χ4n) is 8.18. The SMILES string of the molecule is N#Cc1ccc(N2CCC(c3ccc(NCCOCCOCCN4CCN(c5ccc6c(c5)CN(C5CCC(=O)NC5=O)C6=O)CC4)cc3)CC2)cc1C(F)(F)F. The molecule has 4 aliphatic rings. The van der Waals surface area contributed by atoms with Crippen molar-refractivity contribution in [1.29, 1.82) is 5.26 Å². The molecule has 15 heteroatoms. The highest BCUT2D eigenvalue weighted by atomic mass is 19.4. The molecule has 4 aliphatic heterocycles. The standard InChI is InChI=1S/C42H48F3N7O5/c43-42(44,45)37-26-35(6-3-31(37)27-46)50-14-11-30(12-15-50)29-1-4-33(5-2-29)47-13-21-56-23-24-57-22-20-49-16-18-51(19-17-49)34-7-8-36-32(25-34)28-52(41(36)55)38-9-10-39(53)48-40(38)54/h1-8,25-26,30,38,47H,9-24,28H2,(H,48,53,54). The number of rotatable bonds is 14. The third-order valence-electron chi connectivity index (χ3n) is 11.4. The maximum absolute atomic E-state index is 13.4.